The summed E-state index contributed by atoms with van der Waals surface area (Å²) >= 11 is 0. The molecule has 118 valence electrons. The second kappa shape index (κ2) is 6.62. The zero-order valence-corrected chi connectivity index (χ0v) is 12.4. The van der Waals surface area contributed by atoms with Crippen molar-refractivity contribution in [2.45, 2.75) is 19.1 Å². The van der Waals surface area contributed by atoms with Crippen LogP contribution in [0.4, 0.5) is 4.39 Å². The second-order valence-electron chi connectivity index (χ2n) is 5.45. The van der Waals surface area contributed by atoms with E-state index in [4.69, 9.17) is 0 Å². The van der Waals surface area contributed by atoms with Crippen molar-refractivity contribution in [3.8, 4) is 0 Å². The van der Waals surface area contributed by atoms with Gasteiger partial charge in [-0.25, -0.2) is 4.39 Å². The van der Waals surface area contributed by atoms with Crippen LogP contribution in [0.1, 0.15) is 11.3 Å². The second-order valence-corrected chi connectivity index (χ2v) is 5.45. The van der Waals surface area contributed by atoms with Gasteiger partial charge in [0.2, 0.25) is 5.91 Å². The van der Waals surface area contributed by atoms with E-state index in [-0.39, 0.29) is 18.8 Å². The minimum absolute atomic E-state index is 0.251. The predicted octanol–water partition coefficient (Wildman–Crippen LogP) is 2.53. The summed E-state index contributed by atoms with van der Waals surface area (Å²) in [5, 5.41) is 13.4. The summed E-state index contributed by atoms with van der Waals surface area (Å²) in [6, 6.07) is 15.6. The summed E-state index contributed by atoms with van der Waals surface area (Å²) < 4.78 is 13.2. The van der Waals surface area contributed by atoms with E-state index < -0.39 is 12.0 Å². The molecule has 0 saturated heterocycles. The summed E-state index contributed by atoms with van der Waals surface area (Å²) in [6.45, 7) is 0.251. The first kappa shape index (κ1) is 15.2. The van der Waals surface area contributed by atoms with Crippen molar-refractivity contribution in [3.05, 3.63) is 71.7 Å². The van der Waals surface area contributed by atoms with Gasteiger partial charge in [-0.3, -0.25) is 4.79 Å². The standard InChI is InChI=1S/C18H17FN2O2/c19-14-6-7-16-13(9-14)10-15(21-16)11-20-18(23)17(22)8-12-4-2-1-3-5-12/h1-7,9-10,17,21-22H,8,11H2,(H,20,23)/t17-/m0/s1. The number of carbonyl (C=O) groups is 1. The molecule has 3 aromatic rings. The Morgan fingerprint density at radius 3 is 2.74 bits per heavy atom. The molecule has 0 unspecified atom stereocenters. The van der Waals surface area contributed by atoms with E-state index in [1.807, 2.05) is 30.3 Å². The molecule has 1 atom stereocenters. The number of nitrogens with one attached hydrogen (secondary N) is 2. The van der Waals surface area contributed by atoms with E-state index >= 15 is 0 Å². The highest BCUT2D eigenvalue weighted by molar-refractivity contribution is 5.82. The van der Waals surface area contributed by atoms with Crippen LogP contribution in [0, 0.1) is 5.82 Å². The summed E-state index contributed by atoms with van der Waals surface area (Å²) in [4.78, 5) is 15.1. The van der Waals surface area contributed by atoms with Gasteiger partial charge < -0.3 is 15.4 Å². The molecule has 1 amide bonds. The molecular weight excluding hydrogens is 295 g/mol. The predicted molar refractivity (Wildman–Crippen MR) is 86.3 cm³/mol. The maximum absolute atomic E-state index is 13.2. The number of halogens is 1. The SMILES string of the molecule is O=C(NCc1cc2cc(F)ccc2[nH]1)[C@@H](O)Cc1ccccc1. The van der Waals surface area contributed by atoms with E-state index in [9.17, 15) is 14.3 Å². The molecule has 0 fully saturated rings. The molecule has 0 aliphatic rings. The number of hydrogen-bond donors (Lipinski definition) is 3. The molecule has 3 N–H and O–H groups in total. The minimum atomic E-state index is -1.10. The fraction of sp³-hybridized carbons (Fsp3) is 0.167. The molecule has 2 aromatic carbocycles. The molecule has 0 bridgehead atoms. The first-order chi connectivity index (χ1) is 11.1. The molecule has 0 aliphatic heterocycles. The highest BCUT2D eigenvalue weighted by atomic mass is 19.1. The summed E-state index contributed by atoms with van der Waals surface area (Å²) in [6.07, 6.45) is -0.830. The van der Waals surface area contributed by atoms with Gasteiger partial charge >= 0.3 is 0 Å². The Labute approximate surface area is 133 Å². The van der Waals surface area contributed by atoms with Gasteiger partial charge in [0.15, 0.2) is 0 Å². The smallest absolute Gasteiger partial charge is 0.249 e. The number of aromatic nitrogens is 1. The van der Waals surface area contributed by atoms with Crippen molar-refractivity contribution >= 4 is 16.8 Å². The van der Waals surface area contributed by atoms with Crippen molar-refractivity contribution in [1.29, 1.82) is 0 Å². The molecule has 1 heterocycles. The van der Waals surface area contributed by atoms with Gasteiger partial charge in [0.05, 0.1) is 6.54 Å². The lowest BCUT2D eigenvalue weighted by Crippen LogP contribution is -2.35. The van der Waals surface area contributed by atoms with E-state index in [1.165, 1.54) is 12.1 Å². The van der Waals surface area contributed by atoms with Crippen LogP contribution in [0.5, 0.6) is 0 Å². The van der Waals surface area contributed by atoms with Gasteiger partial charge in [-0.05, 0) is 29.8 Å². The Bertz CT molecular complexity index is 814. The lowest BCUT2D eigenvalue weighted by molar-refractivity contribution is -0.129. The van der Waals surface area contributed by atoms with Crippen molar-refractivity contribution in [3.63, 3.8) is 0 Å². The molecule has 0 spiro atoms. The Morgan fingerprint density at radius 1 is 1.17 bits per heavy atom. The Balaban J connectivity index is 1.59. The van der Waals surface area contributed by atoms with Gasteiger partial charge in [0, 0.05) is 23.0 Å². The Hall–Kier alpha value is -2.66. The normalized spacial score (nSPS) is 12.3. The fourth-order valence-electron chi connectivity index (χ4n) is 2.49. The number of aliphatic hydroxyl groups excluding tert-OH is 1. The van der Waals surface area contributed by atoms with Crippen molar-refractivity contribution in [2.24, 2.45) is 0 Å². The third kappa shape index (κ3) is 3.76. The Kier molecular flexibility index (Phi) is 4.39. The first-order valence-corrected chi connectivity index (χ1v) is 7.38. The van der Waals surface area contributed by atoms with Gasteiger partial charge in [-0.2, -0.15) is 0 Å². The molecule has 4 nitrogen and oxygen atoms in total. The summed E-state index contributed by atoms with van der Waals surface area (Å²) in [7, 11) is 0. The maximum atomic E-state index is 13.2. The number of aromatic amines is 1. The number of amides is 1. The number of benzene rings is 2. The minimum Gasteiger partial charge on any atom is -0.383 e. The van der Waals surface area contributed by atoms with E-state index in [0.29, 0.717) is 0 Å². The number of fused-ring (bicyclic) bond motifs is 1. The monoisotopic (exact) mass is 312 g/mol. The van der Waals surface area contributed by atoms with E-state index in [1.54, 1.807) is 12.1 Å². The zero-order chi connectivity index (χ0) is 16.2. The average molecular weight is 312 g/mol. The molecule has 0 saturated carbocycles. The van der Waals surface area contributed by atoms with Crippen LogP contribution >= 0.6 is 0 Å². The van der Waals surface area contributed by atoms with Gasteiger partial charge in [-0.15, -0.1) is 0 Å². The largest absolute Gasteiger partial charge is 0.383 e. The molecule has 0 aliphatic carbocycles. The lowest BCUT2D eigenvalue weighted by Gasteiger charge is -2.11. The number of rotatable bonds is 5. The lowest BCUT2D eigenvalue weighted by atomic mass is 10.1. The van der Waals surface area contributed by atoms with E-state index in [0.717, 1.165) is 22.2 Å². The quantitative estimate of drug-likeness (QED) is 0.678. The molecule has 1 aromatic heterocycles. The first-order valence-electron chi connectivity index (χ1n) is 7.38. The average Bonchev–Trinajstić information content (AvgIpc) is 2.95. The fourth-order valence-corrected chi connectivity index (χ4v) is 2.49. The topological polar surface area (TPSA) is 65.1 Å². The summed E-state index contributed by atoms with van der Waals surface area (Å²) in [5.41, 5.74) is 2.46. The highest BCUT2D eigenvalue weighted by Gasteiger charge is 2.15. The van der Waals surface area contributed by atoms with Crippen LogP contribution in [-0.4, -0.2) is 22.1 Å². The van der Waals surface area contributed by atoms with Crippen LogP contribution in [-0.2, 0) is 17.8 Å². The summed E-state index contributed by atoms with van der Waals surface area (Å²) in [5.74, 6) is -0.732. The third-order valence-corrected chi connectivity index (χ3v) is 3.67. The van der Waals surface area contributed by atoms with Crippen molar-refractivity contribution < 1.29 is 14.3 Å². The Morgan fingerprint density at radius 2 is 1.96 bits per heavy atom. The highest BCUT2D eigenvalue weighted by Crippen LogP contribution is 2.16. The number of aliphatic hydroxyl groups is 1. The van der Waals surface area contributed by atoms with Crippen LogP contribution in [0.15, 0.2) is 54.6 Å². The van der Waals surface area contributed by atoms with Crippen LogP contribution in [0.2, 0.25) is 0 Å². The van der Waals surface area contributed by atoms with Crippen molar-refractivity contribution in [2.75, 3.05) is 0 Å². The molecular formula is C18H17FN2O2. The van der Waals surface area contributed by atoms with Crippen LogP contribution in [0.25, 0.3) is 10.9 Å². The molecule has 5 heteroatoms. The van der Waals surface area contributed by atoms with Gasteiger partial charge in [0.25, 0.3) is 0 Å². The zero-order valence-electron chi connectivity index (χ0n) is 12.4. The van der Waals surface area contributed by atoms with Crippen LogP contribution < -0.4 is 5.32 Å². The maximum Gasteiger partial charge on any atom is 0.249 e. The van der Waals surface area contributed by atoms with E-state index in [2.05, 4.69) is 10.3 Å². The molecule has 0 radical (unpaired) electrons. The molecule has 3 rings (SSSR count). The van der Waals surface area contributed by atoms with Crippen molar-refractivity contribution in [1.82, 2.24) is 10.3 Å². The van der Waals surface area contributed by atoms with Crippen LogP contribution in [0.3, 0.4) is 0 Å². The third-order valence-electron chi connectivity index (χ3n) is 3.67. The molecule has 23 heavy (non-hydrogen) atoms. The van der Waals surface area contributed by atoms with Gasteiger partial charge in [-0.1, -0.05) is 30.3 Å². The number of carbonyl (C=O) groups excluding carboxylic acids is 1. The van der Waals surface area contributed by atoms with Gasteiger partial charge in [0.1, 0.15) is 11.9 Å². The number of H-pyrrole nitrogens is 1. The number of hydrogen-bond acceptors (Lipinski definition) is 2.